The largest absolute Gasteiger partial charge is 0.466 e. The number of aromatic nitrogens is 1. The van der Waals surface area contributed by atoms with Gasteiger partial charge < -0.3 is 14.5 Å². The molecule has 6 nitrogen and oxygen atoms in total. The normalized spacial score (nSPS) is 14.7. The summed E-state index contributed by atoms with van der Waals surface area (Å²) in [4.78, 5) is 33.9. The predicted octanol–water partition coefficient (Wildman–Crippen LogP) is 8.20. The summed E-state index contributed by atoms with van der Waals surface area (Å²) in [5.74, 6) is -0.112. The molecule has 0 aliphatic carbocycles. The summed E-state index contributed by atoms with van der Waals surface area (Å²) in [6, 6.07) is 10.5. The van der Waals surface area contributed by atoms with E-state index in [4.69, 9.17) is 4.74 Å². The number of pyridine rings is 1. The van der Waals surface area contributed by atoms with E-state index < -0.39 is 40.4 Å². The van der Waals surface area contributed by atoms with Crippen molar-refractivity contribution in [2.75, 3.05) is 36.5 Å². The Balaban J connectivity index is 1.70. The van der Waals surface area contributed by atoms with Gasteiger partial charge in [-0.25, -0.2) is 4.98 Å². The number of esters is 1. The second-order valence-corrected chi connectivity index (χ2v) is 12.1. The lowest BCUT2D eigenvalue weighted by atomic mass is 9.81. The third-order valence-electron chi connectivity index (χ3n) is 8.51. The van der Waals surface area contributed by atoms with Crippen LogP contribution in [-0.4, -0.2) is 43.6 Å². The molecule has 3 aromatic rings. The van der Waals surface area contributed by atoms with Gasteiger partial charge in [-0.05, 0) is 87.4 Å². The van der Waals surface area contributed by atoms with Crippen LogP contribution in [0.4, 0.5) is 37.8 Å². The summed E-state index contributed by atoms with van der Waals surface area (Å²) in [6.45, 7) is 7.88. The maximum Gasteiger partial charge on any atom is 0.416 e. The molecule has 0 atom stereocenters. The van der Waals surface area contributed by atoms with Crippen LogP contribution in [0.3, 0.4) is 0 Å². The van der Waals surface area contributed by atoms with Gasteiger partial charge in [-0.15, -0.1) is 0 Å². The number of hydrogen-bond donors (Lipinski definition) is 0. The van der Waals surface area contributed by atoms with E-state index >= 15 is 0 Å². The minimum absolute atomic E-state index is 0.0480. The zero-order valence-corrected chi connectivity index (χ0v) is 26.4. The van der Waals surface area contributed by atoms with Crippen LogP contribution in [0.1, 0.15) is 62.3 Å². The van der Waals surface area contributed by atoms with Crippen LogP contribution >= 0.6 is 0 Å². The van der Waals surface area contributed by atoms with Crippen molar-refractivity contribution < 1.29 is 40.7 Å². The Morgan fingerprint density at radius 3 is 2.02 bits per heavy atom. The molecule has 0 saturated carbocycles. The first kappa shape index (κ1) is 34.8. The van der Waals surface area contributed by atoms with Gasteiger partial charge in [0.05, 0.1) is 35.0 Å². The first-order valence-electron chi connectivity index (χ1n) is 15.0. The number of carbonyl (C=O) groups excluding carboxylic acids is 2. The van der Waals surface area contributed by atoms with Crippen LogP contribution in [0.5, 0.6) is 0 Å². The Bertz CT molecular complexity index is 1540. The monoisotopic (exact) mass is 649 g/mol. The molecule has 0 N–H and O–H groups in total. The van der Waals surface area contributed by atoms with E-state index in [0.717, 1.165) is 24.0 Å². The van der Waals surface area contributed by atoms with Crippen LogP contribution in [0.2, 0.25) is 0 Å². The summed E-state index contributed by atoms with van der Waals surface area (Å²) in [7, 11) is 1.43. The number of hydrogen-bond acceptors (Lipinski definition) is 5. The minimum Gasteiger partial charge on any atom is -0.466 e. The molecular weight excluding hydrogens is 612 g/mol. The zero-order valence-electron chi connectivity index (χ0n) is 26.4. The minimum atomic E-state index is -5.05. The van der Waals surface area contributed by atoms with E-state index in [1.807, 2.05) is 37.3 Å². The Morgan fingerprint density at radius 1 is 0.913 bits per heavy atom. The lowest BCUT2D eigenvalue weighted by molar-refractivity contribution is -0.145. The molecule has 1 amide bonds. The highest BCUT2D eigenvalue weighted by molar-refractivity contribution is 6.03. The number of ether oxygens (including phenoxy) is 1. The highest BCUT2D eigenvalue weighted by atomic mass is 19.4. The summed E-state index contributed by atoms with van der Waals surface area (Å²) in [5.41, 5.74) is -2.52. The second-order valence-electron chi connectivity index (χ2n) is 12.1. The summed E-state index contributed by atoms with van der Waals surface area (Å²) in [5, 5.41) is 0. The van der Waals surface area contributed by atoms with E-state index in [2.05, 4.69) is 9.88 Å². The Labute approximate surface area is 264 Å². The van der Waals surface area contributed by atoms with Gasteiger partial charge in [0, 0.05) is 32.1 Å². The van der Waals surface area contributed by atoms with Crippen LogP contribution in [0.25, 0.3) is 11.1 Å². The molecule has 1 saturated heterocycles. The van der Waals surface area contributed by atoms with E-state index in [1.165, 1.54) is 32.0 Å². The standard InChI is InChI=1S/C34H37F6N3O3/c1-6-46-30(44)15-22-11-13-43(14-12-22)29-19-27(26-10-8-7-9-21(26)2)28(20-41-29)42(5)31(45)32(3,4)23-16-24(33(35,36)37)18-25(17-23)34(38,39)40/h7-10,16-20,22H,6,11-15H2,1-5H3. The van der Waals surface area contributed by atoms with E-state index in [1.54, 1.807) is 6.92 Å². The zero-order chi connectivity index (χ0) is 34.0. The lowest BCUT2D eigenvalue weighted by Gasteiger charge is -2.34. The molecule has 1 fully saturated rings. The maximum absolute atomic E-state index is 14.0. The van der Waals surface area contributed by atoms with Crippen molar-refractivity contribution in [2.24, 2.45) is 5.92 Å². The van der Waals surface area contributed by atoms with Gasteiger partial charge in [0.2, 0.25) is 5.91 Å². The molecule has 12 heteroatoms. The summed E-state index contributed by atoms with van der Waals surface area (Å²) in [6.07, 6.45) is -6.74. The van der Waals surface area contributed by atoms with Crippen molar-refractivity contribution >= 4 is 23.4 Å². The molecular formula is C34H37F6N3O3. The quantitative estimate of drug-likeness (QED) is 0.182. The van der Waals surface area contributed by atoms with Gasteiger partial charge >= 0.3 is 18.3 Å². The number of anilines is 2. The third kappa shape index (κ3) is 7.64. The van der Waals surface area contributed by atoms with Gasteiger partial charge in [-0.2, -0.15) is 26.3 Å². The molecule has 0 unspecified atom stereocenters. The average molecular weight is 650 g/mol. The molecule has 0 radical (unpaired) electrons. The number of likely N-dealkylation sites (N-methyl/N-ethyl adjacent to an activating group) is 1. The highest BCUT2D eigenvalue weighted by Gasteiger charge is 2.41. The van der Waals surface area contributed by atoms with E-state index in [9.17, 15) is 35.9 Å². The molecule has 1 aliphatic rings. The molecule has 46 heavy (non-hydrogen) atoms. The summed E-state index contributed by atoms with van der Waals surface area (Å²) >= 11 is 0. The van der Waals surface area contributed by atoms with Crippen LogP contribution in [-0.2, 0) is 32.1 Å². The van der Waals surface area contributed by atoms with Gasteiger partial charge in [-0.3, -0.25) is 9.59 Å². The predicted molar refractivity (Wildman–Crippen MR) is 163 cm³/mol. The van der Waals surface area contributed by atoms with Crippen LogP contribution in [0.15, 0.2) is 54.7 Å². The van der Waals surface area contributed by atoms with Crippen molar-refractivity contribution in [3.8, 4) is 11.1 Å². The first-order valence-corrected chi connectivity index (χ1v) is 15.0. The second kappa shape index (κ2) is 13.3. The number of halogens is 6. The molecule has 0 spiro atoms. The van der Waals surface area contributed by atoms with E-state index in [-0.39, 0.29) is 18.0 Å². The van der Waals surface area contributed by atoms with Crippen molar-refractivity contribution in [3.63, 3.8) is 0 Å². The number of carbonyl (C=O) groups is 2. The molecule has 0 bridgehead atoms. The Hall–Kier alpha value is -4.09. The molecule has 4 rings (SSSR count). The SMILES string of the molecule is CCOC(=O)CC1CCN(c2cc(-c3ccccc3C)c(N(C)C(=O)C(C)(C)c3cc(C(F)(F)F)cc(C(F)(F)F)c3)cn2)CC1. The number of rotatable bonds is 8. The number of aryl methyl sites for hydroxylation is 1. The number of alkyl halides is 6. The van der Waals surface area contributed by atoms with Crippen molar-refractivity contribution in [1.29, 1.82) is 0 Å². The maximum atomic E-state index is 14.0. The third-order valence-corrected chi connectivity index (χ3v) is 8.51. The molecule has 2 heterocycles. The van der Waals surface area contributed by atoms with Gasteiger partial charge in [-0.1, -0.05) is 24.3 Å². The lowest BCUT2D eigenvalue weighted by Crippen LogP contribution is -2.42. The smallest absolute Gasteiger partial charge is 0.416 e. The molecule has 248 valence electrons. The number of piperidine rings is 1. The van der Waals surface area contributed by atoms with Gasteiger partial charge in [0.1, 0.15) is 5.82 Å². The molecule has 2 aromatic carbocycles. The average Bonchev–Trinajstić information content (AvgIpc) is 2.99. The van der Waals surface area contributed by atoms with Crippen molar-refractivity contribution in [3.05, 3.63) is 77.0 Å². The fourth-order valence-corrected chi connectivity index (χ4v) is 5.76. The first-order chi connectivity index (χ1) is 21.4. The highest BCUT2D eigenvalue weighted by Crippen LogP contribution is 2.41. The van der Waals surface area contributed by atoms with Crippen molar-refractivity contribution in [2.45, 2.75) is 64.7 Å². The van der Waals surface area contributed by atoms with Crippen LogP contribution in [0, 0.1) is 12.8 Å². The Kier molecular flexibility index (Phi) is 10.1. The van der Waals surface area contributed by atoms with Crippen molar-refractivity contribution in [1.82, 2.24) is 4.98 Å². The summed E-state index contributed by atoms with van der Waals surface area (Å²) < 4.78 is 86.9. The molecule has 1 aromatic heterocycles. The number of amides is 1. The number of nitrogens with zero attached hydrogens (tertiary/aromatic N) is 3. The topological polar surface area (TPSA) is 62.7 Å². The fourth-order valence-electron chi connectivity index (χ4n) is 5.76. The van der Waals surface area contributed by atoms with Crippen LogP contribution < -0.4 is 9.80 Å². The van der Waals surface area contributed by atoms with Gasteiger partial charge in [0.25, 0.3) is 0 Å². The molecule has 1 aliphatic heterocycles. The van der Waals surface area contributed by atoms with Gasteiger partial charge in [0.15, 0.2) is 0 Å². The fraction of sp³-hybridized carbons (Fsp3) is 0.441. The van der Waals surface area contributed by atoms with E-state index in [0.29, 0.717) is 55.3 Å². The number of benzene rings is 2. The Morgan fingerprint density at radius 2 is 1.48 bits per heavy atom.